The molecule has 0 bridgehead atoms. The molecule has 0 radical (unpaired) electrons. The van der Waals surface area contributed by atoms with Crippen LogP contribution in [-0.2, 0) is 22.4 Å². The number of carbonyl (C=O) groups excluding carboxylic acids is 2. The van der Waals surface area contributed by atoms with Gasteiger partial charge in [-0.15, -0.1) is 0 Å². The van der Waals surface area contributed by atoms with E-state index in [-0.39, 0.29) is 49.8 Å². The second-order valence-electron chi connectivity index (χ2n) is 11.2. The summed E-state index contributed by atoms with van der Waals surface area (Å²) < 4.78 is 38.7. The normalized spacial score (nSPS) is 18.2. The number of piperazine rings is 1. The molecular weight excluding hydrogens is 596 g/mol. The number of ether oxygens (including phenoxy) is 7. The fraction of sp³-hybridized carbons (Fsp3) is 0.353. The second-order valence-corrected chi connectivity index (χ2v) is 11.2. The van der Waals surface area contributed by atoms with Gasteiger partial charge in [0, 0.05) is 26.1 Å². The minimum absolute atomic E-state index is 0.00791. The fourth-order valence-corrected chi connectivity index (χ4v) is 6.16. The molecule has 3 aromatic rings. The summed E-state index contributed by atoms with van der Waals surface area (Å²) >= 11 is 0. The minimum Gasteiger partial charge on any atom is -0.504 e. The van der Waals surface area contributed by atoms with Gasteiger partial charge in [0.15, 0.2) is 34.5 Å². The number of rotatable bonds is 9. The monoisotopic (exact) mass is 632 g/mol. The first-order chi connectivity index (χ1) is 22.3. The third-order valence-electron chi connectivity index (χ3n) is 8.39. The van der Waals surface area contributed by atoms with Crippen molar-refractivity contribution in [1.82, 2.24) is 9.80 Å². The van der Waals surface area contributed by atoms with E-state index in [1.165, 1.54) is 19.3 Å². The van der Waals surface area contributed by atoms with E-state index >= 15 is 0 Å². The van der Waals surface area contributed by atoms with Crippen LogP contribution in [0.4, 0.5) is 0 Å². The number of hydrogen-bond acceptors (Lipinski definition) is 10. The van der Waals surface area contributed by atoms with Gasteiger partial charge < -0.3 is 48.1 Å². The molecule has 3 aromatic carbocycles. The van der Waals surface area contributed by atoms with Crippen molar-refractivity contribution in [3.8, 4) is 46.0 Å². The van der Waals surface area contributed by atoms with E-state index < -0.39 is 0 Å². The van der Waals surface area contributed by atoms with Crippen LogP contribution in [0.2, 0.25) is 0 Å². The Morgan fingerprint density at radius 2 is 1.33 bits per heavy atom. The van der Waals surface area contributed by atoms with Crippen LogP contribution >= 0.6 is 0 Å². The van der Waals surface area contributed by atoms with Crippen molar-refractivity contribution in [2.75, 3.05) is 48.0 Å². The molecule has 46 heavy (non-hydrogen) atoms. The van der Waals surface area contributed by atoms with Gasteiger partial charge >= 0.3 is 0 Å². The minimum atomic E-state index is -0.358. The molecular formula is C34H36N2O10. The Labute approximate surface area is 266 Å². The van der Waals surface area contributed by atoms with E-state index in [4.69, 9.17) is 33.2 Å². The summed E-state index contributed by atoms with van der Waals surface area (Å²) in [5.74, 6) is 3.32. The van der Waals surface area contributed by atoms with Crippen molar-refractivity contribution < 1.29 is 47.9 Å². The SMILES string of the molecule is COc1cc(/C=C/C(=O)N2C[C@H](Cc3cc(OC)c4c(c3)OCO4)N(C(C)=O)C[C@@H]2Cc2cc(OC)c3c(c2)OCO3)ccc1O. The second kappa shape index (κ2) is 13.0. The summed E-state index contributed by atoms with van der Waals surface area (Å²) in [6.45, 7) is 2.34. The summed E-state index contributed by atoms with van der Waals surface area (Å²) in [4.78, 5) is 30.7. The Bertz CT molecular complexity index is 1670. The Kier molecular flexibility index (Phi) is 8.69. The summed E-state index contributed by atoms with van der Waals surface area (Å²) in [6, 6.07) is 11.7. The number of benzene rings is 3. The predicted octanol–water partition coefficient (Wildman–Crippen LogP) is 3.80. The Hall–Kier alpha value is -5.26. The summed E-state index contributed by atoms with van der Waals surface area (Å²) in [5.41, 5.74) is 2.44. The zero-order chi connectivity index (χ0) is 32.4. The van der Waals surface area contributed by atoms with E-state index in [2.05, 4.69) is 0 Å². The molecule has 242 valence electrons. The van der Waals surface area contributed by atoms with Crippen molar-refractivity contribution in [1.29, 1.82) is 0 Å². The lowest BCUT2D eigenvalue weighted by Gasteiger charge is -2.46. The third kappa shape index (κ3) is 6.15. The first-order valence-electron chi connectivity index (χ1n) is 14.8. The fourth-order valence-electron chi connectivity index (χ4n) is 6.16. The van der Waals surface area contributed by atoms with Crippen molar-refractivity contribution in [2.45, 2.75) is 31.8 Å². The lowest BCUT2D eigenvalue weighted by Crippen LogP contribution is -2.61. The molecule has 0 aliphatic carbocycles. The molecule has 12 heteroatoms. The molecule has 1 saturated heterocycles. The first kappa shape index (κ1) is 30.8. The number of aromatic hydroxyl groups is 1. The molecule has 1 fully saturated rings. The molecule has 2 amide bonds. The number of nitrogens with zero attached hydrogens (tertiary/aromatic N) is 2. The van der Waals surface area contributed by atoms with Crippen LogP contribution in [0.15, 0.2) is 48.5 Å². The molecule has 6 rings (SSSR count). The van der Waals surface area contributed by atoms with Gasteiger partial charge in [-0.05, 0) is 72.0 Å². The highest BCUT2D eigenvalue weighted by Gasteiger charge is 2.38. The van der Waals surface area contributed by atoms with E-state index in [0.717, 1.165) is 11.1 Å². The number of hydrogen-bond donors (Lipinski definition) is 1. The molecule has 3 heterocycles. The average molecular weight is 633 g/mol. The van der Waals surface area contributed by atoms with Crippen molar-refractivity contribution in [2.24, 2.45) is 0 Å². The van der Waals surface area contributed by atoms with Crippen molar-refractivity contribution >= 4 is 17.9 Å². The summed E-state index contributed by atoms with van der Waals surface area (Å²) in [5, 5.41) is 9.99. The topological polar surface area (TPSA) is 125 Å². The summed E-state index contributed by atoms with van der Waals surface area (Å²) in [7, 11) is 4.59. The predicted molar refractivity (Wildman–Crippen MR) is 166 cm³/mol. The van der Waals surface area contributed by atoms with E-state index in [0.29, 0.717) is 65.2 Å². The molecule has 0 aromatic heterocycles. The van der Waals surface area contributed by atoms with Crippen LogP contribution in [0.25, 0.3) is 6.08 Å². The smallest absolute Gasteiger partial charge is 0.246 e. The highest BCUT2D eigenvalue weighted by molar-refractivity contribution is 5.92. The zero-order valence-electron chi connectivity index (χ0n) is 26.1. The summed E-state index contributed by atoms with van der Waals surface area (Å²) in [6.07, 6.45) is 4.08. The Balaban J connectivity index is 1.31. The third-order valence-corrected chi connectivity index (χ3v) is 8.39. The molecule has 3 aliphatic heterocycles. The van der Waals surface area contributed by atoms with Gasteiger partial charge in [0.1, 0.15) is 0 Å². The van der Waals surface area contributed by atoms with Gasteiger partial charge in [-0.25, -0.2) is 0 Å². The maximum absolute atomic E-state index is 14.0. The quantitative estimate of drug-likeness (QED) is 0.348. The van der Waals surface area contributed by atoms with Crippen LogP contribution < -0.4 is 33.2 Å². The Morgan fingerprint density at radius 3 is 1.87 bits per heavy atom. The lowest BCUT2D eigenvalue weighted by atomic mass is 9.95. The molecule has 0 spiro atoms. The first-order valence-corrected chi connectivity index (χ1v) is 14.8. The number of carbonyl (C=O) groups is 2. The number of phenols is 1. The van der Waals surface area contributed by atoms with Crippen LogP contribution in [0.3, 0.4) is 0 Å². The maximum atomic E-state index is 14.0. The average Bonchev–Trinajstić information content (AvgIpc) is 3.73. The van der Waals surface area contributed by atoms with E-state index in [1.807, 2.05) is 29.2 Å². The molecule has 12 nitrogen and oxygen atoms in total. The molecule has 2 atom stereocenters. The van der Waals surface area contributed by atoms with Gasteiger partial charge in [0.2, 0.25) is 36.9 Å². The highest BCUT2D eigenvalue weighted by Crippen LogP contribution is 2.43. The number of fused-ring (bicyclic) bond motifs is 2. The Morgan fingerprint density at radius 1 is 0.783 bits per heavy atom. The largest absolute Gasteiger partial charge is 0.504 e. The molecule has 0 saturated carbocycles. The van der Waals surface area contributed by atoms with Gasteiger partial charge in [0.25, 0.3) is 0 Å². The van der Waals surface area contributed by atoms with Crippen LogP contribution in [0, 0.1) is 0 Å². The van der Waals surface area contributed by atoms with Crippen molar-refractivity contribution in [3.05, 3.63) is 65.2 Å². The molecule has 3 aliphatic rings. The van der Waals surface area contributed by atoms with Crippen LogP contribution in [-0.4, -0.2) is 86.8 Å². The number of methoxy groups -OCH3 is 3. The van der Waals surface area contributed by atoms with Crippen LogP contribution in [0.1, 0.15) is 23.6 Å². The highest BCUT2D eigenvalue weighted by atomic mass is 16.7. The zero-order valence-corrected chi connectivity index (χ0v) is 26.1. The van der Waals surface area contributed by atoms with Gasteiger partial charge in [0.05, 0.1) is 33.4 Å². The van der Waals surface area contributed by atoms with Gasteiger partial charge in [-0.1, -0.05) is 6.07 Å². The number of phenolic OH excluding ortho intramolecular Hbond substituents is 1. The molecule has 1 N–H and O–H groups in total. The lowest BCUT2D eigenvalue weighted by molar-refractivity contribution is -0.142. The van der Waals surface area contributed by atoms with E-state index in [1.54, 1.807) is 44.3 Å². The standard InChI is InChI=1S/C34H36N2O10/c1-20(37)35-16-25(10-23-13-29(42-4)34-31(15-23)44-19-46-34)36(32(39)8-6-21-5-7-26(38)27(11-21)40-2)17-24(35)9-22-12-28(41-3)33-30(14-22)43-18-45-33/h5-8,11-15,24-25,38H,9-10,16-19H2,1-4H3/b8-6+/t24-,25-/m0/s1. The maximum Gasteiger partial charge on any atom is 0.246 e. The van der Waals surface area contributed by atoms with Crippen molar-refractivity contribution in [3.63, 3.8) is 0 Å². The number of amides is 2. The van der Waals surface area contributed by atoms with Gasteiger partial charge in [-0.2, -0.15) is 0 Å². The van der Waals surface area contributed by atoms with E-state index in [9.17, 15) is 14.7 Å². The van der Waals surface area contributed by atoms with Crippen LogP contribution in [0.5, 0.6) is 46.0 Å². The van der Waals surface area contributed by atoms with Gasteiger partial charge in [-0.3, -0.25) is 9.59 Å². The molecule has 0 unspecified atom stereocenters.